The molecule has 3 N–H and O–H groups in total. The molecular formula is C13H26N2O4S. The van der Waals surface area contributed by atoms with Gasteiger partial charge in [-0.25, -0.2) is 9.59 Å². The van der Waals surface area contributed by atoms with Crippen molar-refractivity contribution >= 4 is 23.8 Å². The van der Waals surface area contributed by atoms with Crippen molar-refractivity contribution in [3.8, 4) is 0 Å². The molecule has 118 valence electrons. The van der Waals surface area contributed by atoms with Crippen LogP contribution in [0.1, 0.15) is 27.2 Å². The molecule has 2 amide bonds. The molecule has 20 heavy (non-hydrogen) atoms. The van der Waals surface area contributed by atoms with Gasteiger partial charge in [0.2, 0.25) is 0 Å². The van der Waals surface area contributed by atoms with Crippen molar-refractivity contribution in [2.45, 2.75) is 39.3 Å². The van der Waals surface area contributed by atoms with Crippen LogP contribution < -0.4 is 10.6 Å². The van der Waals surface area contributed by atoms with Crippen LogP contribution in [-0.2, 0) is 9.53 Å². The average Bonchev–Trinajstić information content (AvgIpc) is 2.38. The summed E-state index contributed by atoms with van der Waals surface area (Å²) in [6, 6.07) is -1.45. The summed E-state index contributed by atoms with van der Waals surface area (Å²) in [5.74, 6) is -0.119. The van der Waals surface area contributed by atoms with Gasteiger partial charge in [0.15, 0.2) is 0 Å². The minimum Gasteiger partial charge on any atom is -0.480 e. The van der Waals surface area contributed by atoms with Gasteiger partial charge in [0.25, 0.3) is 0 Å². The fraction of sp³-hybridized carbons (Fsp3) is 0.846. The van der Waals surface area contributed by atoms with E-state index in [1.165, 1.54) is 0 Å². The molecular weight excluding hydrogens is 280 g/mol. The Balaban J connectivity index is 4.36. The Morgan fingerprint density at radius 3 is 2.40 bits per heavy atom. The first kappa shape index (κ1) is 19.1. The molecule has 7 heteroatoms. The number of carbonyl (C=O) groups excluding carboxylic acids is 1. The maximum absolute atomic E-state index is 11.9. The van der Waals surface area contributed by atoms with Crippen LogP contribution in [-0.4, -0.2) is 54.4 Å². The molecule has 0 spiro atoms. The zero-order valence-corrected chi connectivity index (χ0v) is 13.5. The van der Waals surface area contributed by atoms with Gasteiger partial charge in [-0.15, -0.1) is 0 Å². The number of carboxylic acids is 1. The first-order valence-electron chi connectivity index (χ1n) is 6.78. The number of amides is 2. The van der Waals surface area contributed by atoms with Crippen molar-refractivity contribution in [2.75, 3.05) is 25.2 Å². The van der Waals surface area contributed by atoms with Gasteiger partial charge in [-0.1, -0.05) is 13.8 Å². The lowest BCUT2D eigenvalue weighted by Crippen LogP contribution is -2.51. The first-order valence-corrected chi connectivity index (χ1v) is 8.18. The van der Waals surface area contributed by atoms with Crippen LogP contribution in [0.25, 0.3) is 0 Å². The highest BCUT2D eigenvalue weighted by atomic mass is 32.2. The SMILES string of the molecule is CCOCC(NC(=O)NC(CCSC)C(=O)O)C(C)C. The molecule has 6 nitrogen and oxygen atoms in total. The summed E-state index contributed by atoms with van der Waals surface area (Å²) in [7, 11) is 0. The van der Waals surface area contributed by atoms with Crippen molar-refractivity contribution < 1.29 is 19.4 Å². The molecule has 0 aromatic carbocycles. The summed E-state index contributed by atoms with van der Waals surface area (Å²) in [5, 5.41) is 14.3. The molecule has 0 heterocycles. The predicted molar refractivity (Wildman–Crippen MR) is 81.2 cm³/mol. The highest BCUT2D eigenvalue weighted by molar-refractivity contribution is 7.98. The lowest BCUT2D eigenvalue weighted by atomic mass is 10.1. The maximum Gasteiger partial charge on any atom is 0.326 e. The summed E-state index contributed by atoms with van der Waals surface area (Å²) in [4.78, 5) is 22.9. The largest absolute Gasteiger partial charge is 0.480 e. The summed E-state index contributed by atoms with van der Waals surface area (Å²) in [6.45, 7) is 6.85. The number of hydrogen-bond acceptors (Lipinski definition) is 4. The van der Waals surface area contributed by atoms with Crippen molar-refractivity contribution in [3.63, 3.8) is 0 Å². The number of ether oxygens (including phenoxy) is 1. The molecule has 0 bridgehead atoms. The van der Waals surface area contributed by atoms with Gasteiger partial charge in [-0.3, -0.25) is 0 Å². The number of aliphatic carboxylic acids is 1. The number of carboxylic acid groups (broad SMARTS) is 1. The van der Waals surface area contributed by atoms with Gasteiger partial charge >= 0.3 is 12.0 Å². The molecule has 2 atom stereocenters. The fourth-order valence-corrected chi connectivity index (χ4v) is 1.98. The standard InChI is InChI=1S/C13H26N2O4S/c1-5-19-8-11(9(2)3)15-13(18)14-10(12(16)17)6-7-20-4/h9-11H,5-8H2,1-4H3,(H,16,17)(H2,14,15,18). The van der Waals surface area contributed by atoms with E-state index in [0.717, 1.165) is 0 Å². The summed E-state index contributed by atoms with van der Waals surface area (Å²) >= 11 is 1.55. The van der Waals surface area contributed by atoms with Gasteiger partial charge < -0.3 is 20.5 Å². The third-order valence-electron chi connectivity index (χ3n) is 2.84. The lowest BCUT2D eigenvalue weighted by Gasteiger charge is -2.23. The van der Waals surface area contributed by atoms with Crippen LogP contribution in [0.4, 0.5) is 4.79 Å². The van der Waals surface area contributed by atoms with E-state index in [1.54, 1.807) is 11.8 Å². The molecule has 0 saturated carbocycles. The molecule has 0 fully saturated rings. The van der Waals surface area contributed by atoms with Gasteiger partial charge in [0.1, 0.15) is 6.04 Å². The first-order chi connectivity index (χ1) is 9.42. The lowest BCUT2D eigenvalue weighted by molar-refractivity contribution is -0.139. The molecule has 0 rings (SSSR count). The van der Waals surface area contributed by atoms with E-state index in [1.807, 2.05) is 27.0 Å². The number of carbonyl (C=O) groups is 2. The van der Waals surface area contributed by atoms with Crippen molar-refractivity contribution in [1.82, 2.24) is 10.6 Å². The van der Waals surface area contributed by atoms with Crippen LogP contribution >= 0.6 is 11.8 Å². The molecule has 0 aliphatic heterocycles. The normalized spacial score (nSPS) is 13.8. The summed E-state index contributed by atoms with van der Waals surface area (Å²) in [6.07, 6.45) is 2.30. The minimum absolute atomic E-state index is 0.134. The van der Waals surface area contributed by atoms with Crippen LogP contribution in [0.15, 0.2) is 0 Å². The van der Waals surface area contributed by atoms with E-state index < -0.39 is 18.0 Å². The quantitative estimate of drug-likeness (QED) is 0.570. The van der Waals surface area contributed by atoms with Crippen LogP contribution in [0.2, 0.25) is 0 Å². The van der Waals surface area contributed by atoms with Crippen LogP contribution in [0, 0.1) is 5.92 Å². The van der Waals surface area contributed by atoms with E-state index in [4.69, 9.17) is 9.84 Å². The molecule has 2 unspecified atom stereocenters. The average molecular weight is 306 g/mol. The number of hydrogen-bond donors (Lipinski definition) is 3. The molecule has 0 saturated heterocycles. The molecule has 0 aromatic rings. The number of urea groups is 1. The number of rotatable bonds is 10. The Morgan fingerprint density at radius 2 is 1.95 bits per heavy atom. The predicted octanol–water partition coefficient (Wildman–Crippen LogP) is 1.55. The summed E-state index contributed by atoms with van der Waals surface area (Å²) < 4.78 is 5.31. The molecule has 0 aliphatic carbocycles. The van der Waals surface area contributed by atoms with Gasteiger partial charge in [0, 0.05) is 6.61 Å². The monoisotopic (exact) mass is 306 g/mol. The van der Waals surface area contributed by atoms with Crippen molar-refractivity contribution in [2.24, 2.45) is 5.92 Å². The van der Waals surface area contributed by atoms with Gasteiger partial charge in [-0.05, 0) is 31.3 Å². The second-order valence-corrected chi connectivity index (χ2v) is 5.79. The zero-order chi connectivity index (χ0) is 15.5. The third-order valence-corrected chi connectivity index (χ3v) is 3.48. The van der Waals surface area contributed by atoms with Crippen LogP contribution in [0.3, 0.4) is 0 Å². The molecule has 0 radical (unpaired) electrons. The highest BCUT2D eigenvalue weighted by Crippen LogP contribution is 2.04. The Bertz CT molecular complexity index is 300. The second kappa shape index (κ2) is 10.8. The molecule has 0 aliphatic rings. The Hall–Kier alpha value is -0.950. The van der Waals surface area contributed by atoms with E-state index in [2.05, 4.69) is 10.6 Å². The Morgan fingerprint density at radius 1 is 1.30 bits per heavy atom. The molecule has 0 aromatic heterocycles. The van der Waals surface area contributed by atoms with Gasteiger partial charge in [-0.2, -0.15) is 11.8 Å². The highest BCUT2D eigenvalue weighted by Gasteiger charge is 2.22. The Labute approximate surface area is 125 Å². The fourth-order valence-electron chi connectivity index (χ4n) is 1.51. The van der Waals surface area contributed by atoms with E-state index in [0.29, 0.717) is 25.4 Å². The topological polar surface area (TPSA) is 87.7 Å². The van der Waals surface area contributed by atoms with E-state index in [9.17, 15) is 9.59 Å². The smallest absolute Gasteiger partial charge is 0.326 e. The third kappa shape index (κ3) is 8.27. The Kier molecular flexibility index (Phi) is 10.3. The number of nitrogens with one attached hydrogen (secondary N) is 2. The summed E-state index contributed by atoms with van der Waals surface area (Å²) in [5.41, 5.74) is 0. The van der Waals surface area contributed by atoms with Crippen molar-refractivity contribution in [3.05, 3.63) is 0 Å². The van der Waals surface area contributed by atoms with Crippen molar-refractivity contribution in [1.29, 1.82) is 0 Å². The number of thioether (sulfide) groups is 1. The van der Waals surface area contributed by atoms with E-state index in [-0.39, 0.29) is 12.0 Å². The maximum atomic E-state index is 11.9. The zero-order valence-electron chi connectivity index (χ0n) is 12.6. The van der Waals surface area contributed by atoms with Crippen LogP contribution in [0.5, 0.6) is 0 Å². The van der Waals surface area contributed by atoms with E-state index >= 15 is 0 Å². The second-order valence-electron chi connectivity index (χ2n) is 4.80. The van der Waals surface area contributed by atoms with Gasteiger partial charge in [0.05, 0.1) is 12.6 Å². The minimum atomic E-state index is -1.01.